The van der Waals surface area contributed by atoms with Crippen LogP contribution < -0.4 is 21.9 Å². The summed E-state index contributed by atoms with van der Waals surface area (Å²) in [5.41, 5.74) is -4.06. The van der Waals surface area contributed by atoms with Crippen LogP contribution in [0.5, 0.6) is 0 Å². The number of benzene rings is 2. The Morgan fingerprint density at radius 1 is 0.839 bits per heavy atom. The molecular formula is C19H12ClF3N4O4. The summed E-state index contributed by atoms with van der Waals surface area (Å²) in [5.74, 6) is -1.80. The van der Waals surface area contributed by atoms with Crippen molar-refractivity contribution in [2.75, 3.05) is 10.6 Å². The van der Waals surface area contributed by atoms with Crippen molar-refractivity contribution in [3.63, 3.8) is 0 Å². The Labute approximate surface area is 176 Å². The van der Waals surface area contributed by atoms with Gasteiger partial charge in [-0.2, -0.15) is 13.2 Å². The minimum atomic E-state index is -4.56. The Kier molecular flexibility index (Phi) is 5.97. The van der Waals surface area contributed by atoms with Gasteiger partial charge in [-0.15, -0.1) is 0 Å². The van der Waals surface area contributed by atoms with E-state index in [1.165, 1.54) is 24.3 Å². The molecule has 0 radical (unpaired) electrons. The fourth-order valence-corrected chi connectivity index (χ4v) is 2.63. The number of anilines is 2. The number of rotatable bonds is 4. The Morgan fingerprint density at radius 2 is 1.45 bits per heavy atom. The molecule has 2 amide bonds. The molecule has 0 unspecified atom stereocenters. The van der Waals surface area contributed by atoms with Crippen LogP contribution in [0.1, 0.15) is 26.4 Å². The molecule has 3 rings (SSSR count). The summed E-state index contributed by atoms with van der Waals surface area (Å²) in [7, 11) is 0. The third kappa shape index (κ3) is 5.20. The van der Waals surface area contributed by atoms with Gasteiger partial charge in [0.1, 0.15) is 11.4 Å². The van der Waals surface area contributed by atoms with Crippen LogP contribution in [0.15, 0.2) is 58.1 Å². The van der Waals surface area contributed by atoms with Gasteiger partial charge in [0.15, 0.2) is 0 Å². The van der Waals surface area contributed by atoms with Gasteiger partial charge in [0, 0.05) is 16.3 Å². The zero-order valence-electron chi connectivity index (χ0n) is 15.3. The summed E-state index contributed by atoms with van der Waals surface area (Å²) in [5, 5.41) is 4.86. The average Bonchev–Trinajstić information content (AvgIpc) is 2.70. The molecule has 0 aliphatic carbocycles. The van der Waals surface area contributed by atoms with Gasteiger partial charge >= 0.3 is 11.9 Å². The molecule has 0 aliphatic heterocycles. The summed E-state index contributed by atoms with van der Waals surface area (Å²) in [6.45, 7) is 0. The summed E-state index contributed by atoms with van der Waals surface area (Å²) >= 11 is 5.76. The van der Waals surface area contributed by atoms with Crippen LogP contribution in [0.4, 0.5) is 24.5 Å². The maximum atomic E-state index is 12.7. The lowest BCUT2D eigenvalue weighted by Crippen LogP contribution is -2.32. The highest BCUT2D eigenvalue weighted by atomic mass is 35.5. The number of amides is 2. The quantitative estimate of drug-likeness (QED) is 0.485. The summed E-state index contributed by atoms with van der Waals surface area (Å²) in [6.07, 6.45) is -4.56. The van der Waals surface area contributed by atoms with E-state index in [0.717, 1.165) is 24.3 Å². The van der Waals surface area contributed by atoms with Crippen LogP contribution in [0.2, 0.25) is 5.02 Å². The first-order valence-electron chi connectivity index (χ1n) is 8.47. The summed E-state index contributed by atoms with van der Waals surface area (Å²) in [6, 6.07) is 9.12. The van der Waals surface area contributed by atoms with Gasteiger partial charge in [-0.1, -0.05) is 11.6 Å². The maximum Gasteiger partial charge on any atom is 0.416 e. The molecule has 160 valence electrons. The molecule has 2 aromatic carbocycles. The highest BCUT2D eigenvalue weighted by Gasteiger charge is 2.30. The predicted octanol–water partition coefficient (Wildman–Crippen LogP) is 3.24. The number of halogens is 4. The van der Waals surface area contributed by atoms with Crippen molar-refractivity contribution >= 4 is 34.8 Å². The smallest absolute Gasteiger partial charge is 0.321 e. The van der Waals surface area contributed by atoms with Crippen molar-refractivity contribution in [3.8, 4) is 0 Å². The Hall–Kier alpha value is -3.86. The van der Waals surface area contributed by atoms with Crippen LogP contribution in [-0.2, 0) is 6.18 Å². The molecule has 4 N–H and O–H groups in total. The lowest BCUT2D eigenvalue weighted by Gasteiger charge is -2.11. The largest absolute Gasteiger partial charge is 0.416 e. The molecule has 31 heavy (non-hydrogen) atoms. The minimum absolute atomic E-state index is 0.0332. The molecule has 0 spiro atoms. The highest BCUT2D eigenvalue weighted by Crippen LogP contribution is 2.29. The molecule has 0 aliphatic rings. The third-order valence-electron chi connectivity index (χ3n) is 3.98. The molecule has 1 heterocycles. The lowest BCUT2D eigenvalue weighted by molar-refractivity contribution is -0.137. The van der Waals surface area contributed by atoms with E-state index >= 15 is 0 Å². The molecule has 0 saturated heterocycles. The van der Waals surface area contributed by atoms with E-state index in [4.69, 9.17) is 11.6 Å². The van der Waals surface area contributed by atoms with Crippen molar-refractivity contribution in [3.05, 3.63) is 91.2 Å². The van der Waals surface area contributed by atoms with E-state index in [-0.39, 0.29) is 11.3 Å². The Bertz CT molecular complexity index is 1250. The van der Waals surface area contributed by atoms with Crippen LogP contribution in [0.3, 0.4) is 0 Å². The van der Waals surface area contributed by atoms with Gasteiger partial charge in [0.2, 0.25) is 0 Å². The van der Waals surface area contributed by atoms with E-state index in [1.807, 2.05) is 4.98 Å². The van der Waals surface area contributed by atoms with Crippen LogP contribution >= 0.6 is 11.6 Å². The molecule has 0 atom stereocenters. The number of hydrogen-bond donors (Lipinski definition) is 4. The van der Waals surface area contributed by atoms with E-state index in [2.05, 4.69) is 15.6 Å². The number of H-pyrrole nitrogens is 2. The van der Waals surface area contributed by atoms with Crippen LogP contribution in [0, 0.1) is 0 Å². The molecule has 1 aromatic heterocycles. The van der Waals surface area contributed by atoms with E-state index in [1.54, 1.807) is 0 Å². The first-order chi connectivity index (χ1) is 14.5. The van der Waals surface area contributed by atoms with E-state index in [0.29, 0.717) is 5.02 Å². The fraction of sp³-hybridized carbons (Fsp3) is 0.0526. The van der Waals surface area contributed by atoms with Crippen LogP contribution in [0.25, 0.3) is 0 Å². The summed E-state index contributed by atoms with van der Waals surface area (Å²) in [4.78, 5) is 52.7. The standard InChI is InChI=1S/C19H12ClF3N4O4/c20-11-5-1-9(2-6-11)15(28)25-13-14(26-18(31)27-17(13)30)16(29)24-12-7-3-10(4-8-12)19(21,22)23/h1-8H,(H,24,29)(H,25,28)(H2,26,27,30,31). The van der Waals surface area contributed by atoms with E-state index in [9.17, 15) is 32.3 Å². The molecule has 0 fully saturated rings. The second kappa shape index (κ2) is 8.48. The molecular weight excluding hydrogens is 441 g/mol. The van der Waals surface area contributed by atoms with Crippen molar-refractivity contribution in [2.24, 2.45) is 0 Å². The zero-order chi connectivity index (χ0) is 22.8. The van der Waals surface area contributed by atoms with Crippen LogP contribution in [-0.4, -0.2) is 21.8 Å². The van der Waals surface area contributed by atoms with Gasteiger partial charge in [0.05, 0.1) is 5.56 Å². The van der Waals surface area contributed by atoms with Crippen molar-refractivity contribution < 1.29 is 22.8 Å². The Balaban J connectivity index is 1.89. The topological polar surface area (TPSA) is 124 Å². The predicted molar refractivity (Wildman–Crippen MR) is 106 cm³/mol. The molecule has 3 aromatic rings. The second-order valence-corrected chi connectivity index (χ2v) is 6.58. The SMILES string of the molecule is O=C(Nc1c(C(=O)Nc2ccc(C(F)(F)F)cc2)[nH]c(=O)[nH]c1=O)c1ccc(Cl)cc1. The number of carbonyl (C=O) groups excluding carboxylic acids is 2. The second-order valence-electron chi connectivity index (χ2n) is 6.15. The normalized spacial score (nSPS) is 11.1. The number of aromatic nitrogens is 2. The lowest BCUT2D eigenvalue weighted by atomic mass is 10.2. The van der Waals surface area contributed by atoms with Gasteiger partial charge in [-0.3, -0.25) is 19.4 Å². The molecule has 0 bridgehead atoms. The van der Waals surface area contributed by atoms with Crippen molar-refractivity contribution in [2.45, 2.75) is 6.18 Å². The van der Waals surface area contributed by atoms with Gasteiger partial charge in [-0.25, -0.2) is 4.79 Å². The monoisotopic (exact) mass is 452 g/mol. The fourth-order valence-electron chi connectivity index (χ4n) is 2.50. The number of aromatic amines is 2. The highest BCUT2D eigenvalue weighted by molar-refractivity contribution is 6.30. The third-order valence-corrected chi connectivity index (χ3v) is 4.24. The minimum Gasteiger partial charge on any atom is -0.321 e. The first kappa shape index (κ1) is 21.8. The average molecular weight is 453 g/mol. The number of alkyl halides is 3. The summed E-state index contributed by atoms with van der Waals surface area (Å²) < 4.78 is 38.0. The number of carbonyl (C=O) groups is 2. The number of nitrogens with one attached hydrogen (secondary N) is 4. The first-order valence-corrected chi connectivity index (χ1v) is 8.84. The van der Waals surface area contributed by atoms with Gasteiger partial charge < -0.3 is 15.6 Å². The number of hydrogen-bond acceptors (Lipinski definition) is 4. The van der Waals surface area contributed by atoms with E-state index < -0.39 is 46.2 Å². The molecule has 8 nitrogen and oxygen atoms in total. The Morgan fingerprint density at radius 3 is 2.03 bits per heavy atom. The zero-order valence-corrected chi connectivity index (χ0v) is 16.0. The van der Waals surface area contributed by atoms with Gasteiger partial charge in [-0.05, 0) is 48.5 Å². The van der Waals surface area contributed by atoms with Crippen molar-refractivity contribution in [1.29, 1.82) is 0 Å². The van der Waals surface area contributed by atoms with Gasteiger partial charge in [0.25, 0.3) is 17.4 Å². The molecule has 12 heteroatoms. The van der Waals surface area contributed by atoms with Crippen molar-refractivity contribution in [1.82, 2.24) is 9.97 Å². The maximum absolute atomic E-state index is 12.7. The molecule has 0 saturated carbocycles.